The molecule has 1 aromatic carbocycles. The van der Waals surface area contributed by atoms with Gasteiger partial charge in [0.15, 0.2) is 0 Å². The summed E-state index contributed by atoms with van der Waals surface area (Å²) in [6.45, 7) is 3.13. The first-order valence-corrected chi connectivity index (χ1v) is 10.9. The van der Waals surface area contributed by atoms with Crippen LogP contribution in [0.4, 0.5) is 0 Å². The Morgan fingerprint density at radius 1 is 1.00 bits per heavy atom. The topological polar surface area (TPSA) is 106 Å². The van der Waals surface area contributed by atoms with E-state index in [2.05, 4.69) is 9.72 Å². The molecule has 0 unspecified atom stereocenters. The molecule has 0 aliphatic carbocycles. The Bertz CT molecular complexity index is 1020. The molecule has 1 aliphatic heterocycles. The van der Waals surface area contributed by atoms with Crippen molar-refractivity contribution >= 4 is 21.9 Å². The van der Waals surface area contributed by atoms with Crippen molar-refractivity contribution in [2.45, 2.75) is 11.8 Å². The van der Waals surface area contributed by atoms with Crippen LogP contribution in [0.2, 0.25) is 0 Å². The number of aromatic nitrogens is 1. The summed E-state index contributed by atoms with van der Waals surface area (Å²) in [6.07, 6.45) is 0. The molecule has 0 saturated carbocycles. The molecule has 9 nitrogen and oxygen atoms in total. The number of carbonyl (C=O) groups is 2. The Morgan fingerprint density at radius 2 is 1.63 bits per heavy atom. The van der Waals surface area contributed by atoms with E-state index in [0.29, 0.717) is 12.4 Å². The fourth-order valence-electron chi connectivity index (χ4n) is 3.09. The molecule has 0 spiro atoms. The predicted molar refractivity (Wildman–Crippen MR) is 108 cm³/mol. The highest BCUT2D eigenvalue weighted by atomic mass is 32.2. The predicted octanol–water partition coefficient (Wildman–Crippen LogP) is 1.41. The second-order valence-electron chi connectivity index (χ2n) is 6.50. The van der Waals surface area contributed by atoms with E-state index in [-0.39, 0.29) is 48.4 Å². The van der Waals surface area contributed by atoms with E-state index in [1.807, 2.05) is 6.92 Å². The van der Waals surface area contributed by atoms with Gasteiger partial charge < -0.3 is 14.4 Å². The average Bonchev–Trinajstić information content (AvgIpc) is 2.79. The van der Waals surface area contributed by atoms with E-state index >= 15 is 0 Å². The third-order valence-corrected chi connectivity index (χ3v) is 6.57. The molecule has 160 valence electrons. The lowest BCUT2D eigenvalue weighted by Gasteiger charge is -2.33. The molecule has 1 aliphatic rings. The number of hydrogen-bond donors (Lipinski definition) is 0. The van der Waals surface area contributed by atoms with Crippen LogP contribution in [-0.2, 0) is 14.8 Å². The van der Waals surface area contributed by atoms with Gasteiger partial charge in [-0.05, 0) is 43.3 Å². The minimum atomic E-state index is -3.67. The van der Waals surface area contributed by atoms with Crippen LogP contribution in [0, 0.1) is 0 Å². The van der Waals surface area contributed by atoms with Crippen LogP contribution in [0.15, 0.2) is 47.4 Å². The molecule has 0 radical (unpaired) electrons. The summed E-state index contributed by atoms with van der Waals surface area (Å²) in [4.78, 5) is 30.1. The molecule has 1 aromatic heterocycles. The SMILES string of the molecule is CCOc1ccc(S(=O)(=O)N2CCN(C(=O)c3cccc(C(=O)OC)n3)CC2)cc1. The lowest BCUT2D eigenvalue weighted by atomic mass is 10.2. The summed E-state index contributed by atoms with van der Waals surface area (Å²) in [7, 11) is -2.43. The molecule has 1 saturated heterocycles. The largest absolute Gasteiger partial charge is 0.494 e. The number of rotatable bonds is 6. The van der Waals surface area contributed by atoms with Gasteiger partial charge in [0.05, 0.1) is 18.6 Å². The fourth-order valence-corrected chi connectivity index (χ4v) is 4.51. The van der Waals surface area contributed by atoms with Gasteiger partial charge in [-0.3, -0.25) is 4.79 Å². The molecular formula is C20H23N3O6S. The van der Waals surface area contributed by atoms with Crippen molar-refractivity contribution in [2.24, 2.45) is 0 Å². The maximum atomic E-state index is 12.9. The Kier molecular flexibility index (Phi) is 6.68. The Morgan fingerprint density at radius 3 is 2.23 bits per heavy atom. The molecule has 3 rings (SSSR count). The third kappa shape index (κ3) is 4.60. The summed E-state index contributed by atoms with van der Waals surface area (Å²) in [6, 6.07) is 10.8. The molecular weight excluding hydrogens is 410 g/mol. The van der Waals surface area contributed by atoms with Crippen molar-refractivity contribution in [1.29, 1.82) is 0 Å². The average molecular weight is 433 g/mol. The fraction of sp³-hybridized carbons (Fsp3) is 0.350. The standard InChI is InChI=1S/C20H23N3O6S/c1-3-29-15-7-9-16(10-8-15)30(26,27)23-13-11-22(12-14-23)19(24)17-5-4-6-18(21-17)20(25)28-2/h4-10H,3,11-14H2,1-2H3. The number of sulfonamides is 1. The van der Waals surface area contributed by atoms with Crippen LogP contribution in [-0.4, -0.2) is 74.4 Å². The van der Waals surface area contributed by atoms with Gasteiger partial charge in [0, 0.05) is 26.2 Å². The Labute approximate surface area is 175 Å². The molecule has 2 aromatic rings. The van der Waals surface area contributed by atoms with Gasteiger partial charge in [0.2, 0.25) is 10.0 Å². The molecule has 0 bridgehead atoms. The second kappa shape index (κ2) is 9.23. The zero-order chi connectivity index (χ0) is 21.7. The lowest BCUT2D eigenvalue weighted by molar-refractivity contribution is 0.0593. The minimum Gasteiger partial charge on any atom is -0.494 e. The van der Waals surface area contributed by atoms with Crippen LogP contribution >= 0.6 is 0 Å². The van der Waals surface area contributed by atoms with E-state index in [1.165, 1.54) is 40.6 Å². The third-order valence-electron chi connectivity index (χ3n) is 4.66. The number of piperazine rings is 1. The van der Waals surface area contributed by atoms with Gasteiger partial charge in [-0.15, -0.1) is 0 Å². The van der Waals surface area contributed by atoms with E-state index in [0.717, 1.165) is 0 Å². The number of esters is 1. The van der Waals surface area contributed by atoms with Gasteiger partial charge in [0.1, 0.15) is 17.1 Å². The van der Waals surface area contributed by atoms with E-state index in [4.69, 9.17) is 4.74 Å². The van der Waals surface area contributed by atoms with Crippen molar-refractivity contribution in [3.63, 3.8) is 0 Å². The zero-order valence-corrected chi connectivity index (χ0v) is 17.6. The number of pyridine rings is 1. The quantitative estimate of drug-likeness (QED) is 0.634. The van der Waals surface area contributed by atoms with Gasteiger partial charge in [-0.1, -0.05) is 6.07 Å². The summed E-state index contributed by atoms with van der Waals surface area (Å²) < 4.78 is 37.1. The van der Waals surface area contributed by atoms with Crippen molar-refractivity contribution < 1.29 is 27.5 Å². The summed E-state index contributed by atoms with van der Waals surface area (Å²) in [5, 5.41) is 0. The van der Waals surface area contributed by atoms with Crippen LogP contribution in [0.1, 0.15) is 27.9 Å². The second-order valence-corrected chi connectivity index (χ2v) is 8.44. The van der Waals surface area contributed by atoms with Gasteiger partial charge in [-0.25, -0.2) is 18.2 Å². The van der Waals surface area contributed by atoms with Crippen molar-refractivity contribution in [2.75, 3.05) is 39.9 Å². The van der Waals surface area contributed by atoms with E-state index in [1.54, 1.807) is 18.2 Å². The number of ether oxygens (including phenoxy) is 2. The number of amides is 1. The Balaban J connectivity index is 1.66. The van der Waals surface area contributed by atoms with E-state index in [9.17, 15) is 18.0 Å². The number of carbonyl (C=O) groups excluding carboxylic acids is 2. The maximum absolute atomic E-state index is 12.9. The lowest BCUT2D eigenvalue weighted by Crippen LogP contribution is -2.50. The first-order valence-electron chi connectivity index (χ1n) is 9.44. The van der Waals surface area contributed by atoms with Crippen molar-refractivity contribution in [3.05, 3.63) is 53.9 Å². The number of nitrogens with zero attached hydrogens (tertiary/aromatic N) is 3. The molecule has 0 N–H and O–H groups in total. The summed E-state index contributed by atoms with van der Waals surface area (Å²) >= 11 is 0. The van der Waals surface area contributed by atoms with Crippen LogP contribution < -0.4 is 4.74 Å². The highest BCUT2D eigenvalue weighted by molar-refractivity contribution is 7.89. The molecule has 0 atom stereocenters. The highest BCUT2D eigenvalue weighted by Gasteiger charge is 2.31. The number of hydrogen-bond acceptors (Lipinski definition) is 7. The Hall–Kier alpha value is -2.98. The monoisotopic (exact) mass is 433 g/mol. The number of benzene rings is 1. The molecule has 10 heteroatoms. The van der Waals surface area contributed by atoms with Crippen molar-refractivity contribution in [1.82, 2.24) is 14.2 Å². The molecule has 2 heterocycles. The number of methoxy groups -OCH3 is 1. The van der Waals surface area contributed by atoms with Crippen LogP contribution in [0.5, 0.6) is 5.75 Å². The smallest absolute Gasteiger partial charge is 0.356 e. The summed E-state index contributed by atoms with van der Waals surface area (Å²) in [5.41, 5.74) is 0.154. The van der Waals surface area contributed by atoms with E-state index < -0.39 is 16.0 Å². The molecule has 1 amide bonds. The minimum absolute atomic E-state index is 0.0417. The first-order chi connectivity index (χ1) is 14.4. The highest BCUT2D eigenvalue weighted by Crippen LogP contribution is 2.21. The van der Waals surface area contributed by atoms with Crippen LogP contribution in [0.25, 0.3) is 0 Å². The zero-order valence-electron chi connectivity index (χ0n) is 16.8. The van der Waals surface area contributed by atoms with Crippen LogP contribution in [0.3, 0.4) is 0 Å². The molecule has 30 heavy (non-hydrogen) atoms. The normalized spacial score (nSPS) is 14.9. The van der Waals surface area contributed by atoms with Gasteiger partial charge >= 0.3 is 5.97 Å². The van der Waals surface area contributed by atoms with Gasteiger partial charge in [0.25, 0.3) is 5.91 Å². The molecule has 1 fully saturated rings. The van der Waals surface area contributed by atoms with Crippen molar-refractivity contribution in [3.8, 4) is 5.75 Å². The maximum Gasteiger partial charge on any atom is 0.356 e. The van der Waals surface area contributed by atoms with Gasteiger partial charge in [-0.2, -0.15) is 4.31 Å². The summed E-state index contributed by atoms with van der Waals surface area (Å²) in [5.74, 6) is -0.386. The first kappa shape index (κ1) is 21.7.